The van der Waals surface area contributed by atoms with Crippen LogP contribution in [0.2, 0.25) is 0 Å². The SMILES string of the molecule is CCc1nc(CNc2ccc(OCCO)cc2)cs1. The van der Waals surface area contributed by atoms with Gasteiger partial charge in [-0.1, -0.05) is 6.92 Å². The van der Waals surface area contributed by atoms with E-state index in [1.165, 1.54) is 5.01 Å². The summed E-state index contributed by atoms with van der Waals surface area (Å²) in [5, 5.41) is 15.3. The molecule has 0 aliphatic heterocycles. The second kappa shape index (κ2) is 7.11. The smallest absolute Gasteiger partial charge is 0.119 e. The Labute approximate surface area is 117 Å². The fraction of sp³-hybridized carbons (Fsp3) is 0.357. The molecule has 5 heteroatoms. The van der Waals surface area contributed by atoms with Crippen LogP contribution in [0.15, 0.2) is 29.6 Å². The Hall–Kier alpha value is -1.59. The summed E-state index contributed by atoms with van der Waals surface area (Å²) in [7, 11) is 0. The van der Waals surface area contributed by atoms with Gasteiger partial charge in [0.15, 0.2) is 0 Å². The number of aliphatic hydroxyl groups is 1. The van der Waals surface area contributed by atoms with Crippen LogP contribution >= 0.6 is 11.3 Å². The molecule has 1 aromatic carbocycles. The molecule has 0 aliphatic carbocycles. The number of ether oxygens (including phenoxy) is 1. The van der Waals surface area contributed by atoms with E-state index in [4.69, 9.17) is 9.84 Å². The van der Waals surface area contributed by atoms with Crippen molar-refractivity contribution < 1.29 is 9.84 Å². The first-order valence-electron chi connectivity index (χ1n) is 6.32. The molecule has 0 saturated heterocycles. The highest BCUT2D eigenvalue weighted by Crippen LogP contribution is 2.17. The van der Waals surface area contributed by atoms with Crippen LogP contribution in [0, 0.1) is 0 Å². The maximum absolute atomic E-state index is 8.67. The van der Waals surface area contributed by atoms with E-state index in [2.05, 4.69) is 22.6 Å². The summed E-state index contributed by atoms with van der Waals surface area (Å²) < 4.78 is 5.30. The molecule has 102 valence electrons. The van der Waals surface area contributed by atoms with Gasteiger partial charge in [-0.05, 0) is 30.7 Å². The molecule has 0 radical (unpaired) electrons. The molecule has 0 fully saturated rings. The Kier molecular flexibility index (Phi) is 5.18. The average Bonchev–Trinajstić information content (AvgIpc) is 2.92. The Bertz CT molecular complexity index is 496. The van der Waals surface area contributed by atoms with Crippen LogP contribution in [-0.4, -0.2) is 23.3 Å². The van der Waals surface area contributed by atoms with Gasteiger partial charge >= 0.3 is 0 Å². The molecule has 19 heavy (non-hydrogen) atoms. The number of hydrogen-bond acceptors (Lipinski definition) is 5. The number of rotatable bonds is 7. The van der Waals surface area contributed by atoms with Gasteiger partial charge in [-0.15, -0.1) is 11.3 Å². The summed E-state index contributed by atoms with van der Waals surface area (Å²) in [6.45, 7) is 3.20. The van der Waals surface area contributed by atoms with E-state index in [-0.39, 0.29) is 6.61 Å². The maximum Gasteiger partial charge on any atom is 0.119 e. The molecular weight excluding hydrogens is 260 g/mol. The van der Waals surface area contributed by atoms with E-state index in [0.29, 0.717) is 6.61 Å². The molecule has 0 bridgehead atoms. The molecule has 0 unspecified atom stereocenters. The lowest BCUT2D eigenvalue weighted by Crippen LogP contribution is -2.02. The normalized spacial score (nSPS) is 10.4. The van der Waals surface area contributed by atoms with Crippen molar-refractivity contribution in [1.82, 2.24) is 4.98 Å². The largest absolute Gasteiger partial charge is 0.491 e. The molecular formula is C14H18N2O2S. The quantitative estimate of drug-likeness (QED) is 0.817. The van der Waals surface area contributed by atoms with Gasteiger partial charge in [0.2, 0.25) is 0 Å². The summed E-state index contributed by atoms with van der Waals surface area (Å²) in [6, 6.07) is 7.69. The number of anilines is 1. The standard InChI is InChI=1S/C14H18N2O2S/c1-2-14-16-12(10-19-14)9-15-11-3-5-13(6-4-11)18-8-7-17/h3-6,10,15,17H,2,7-9H2,1H3. The van der Waals surface area contributed by atoms with Gasteiger partial charge in [-0.2, -0.15) is 0 Å². The lowest BCUT2D eigenvalue weighted by Gasteiger charge is -2.07. The second-order valence-electron chi connectivity index (χ2n) is 4.04. The van der Waals surface area contributed by atoms with Crippen molar-refractivity contribution in [3.05, 3.63) is 40.3 Å². The monoisotopic (exact) mass is 278 g/mol. The predicted octanol–water partition coefficient (Wildman–Crippen LogP) is 2.69. The maximum atomic E-state index is 8.67. The molecule has 0 aliphatic rings. The molecule has 0 amide bonds. The third-order valence-electron chi connectivity index (χ3n) is 2.59. The highest BCUT2D eigenvalue weighted by molar-refractivity contribution is 7.09. The fourth-order valence-electron chi connectivity index (χ4n) is 1.62. The lowest BCUT2D eigenvalue weighted by atomic mass is 10.3. The zero-order valence-corrected chi connectivity index (χ0v) is 11.7. The minimum atomic E-state index is 0.0313. The number of hydrogen-bond donors (Lipinski definition) is 2. The Morgan fingerprint density at radius 1 is 1.32 bits per heavy atom. The number of thiazole rings is 1. The summed E-state index contributed by atoms with van der Waals surface area (Å²) in [5.74, 6) is 0.765. The minimum absolute atomic E-state index is 0.0313. The van der Waals surface area contributed by atoms with Crippen LogP contribution in [0.3, 0.4) is 0 Å². The van der Waals surface area contributed by atoms with Crippen LogP contribution in [0.1, 0.15) is 17.6 Å². The third kappa shape index (κ3) is 4.22. The first-order chi connectivity index (χ1) is 9.31. The van der Waals surface area contributed by atoms with E-state index in [0.717, 1.165) is 30.1 Å². The van der Waals surface area contributed by atoms with Gasteiger partial charge in [0.05, 0.1) is 23.9 Å². The molecule has 2 rings (SSSR count). The van der Waals surface area contributed by atoms with Gasteiger partial charge in [0, 0.05) is 11.1 Å². The summed E-state index contributed by atoms with van der Waals surface area (Å²) in [6.07, 6.45) is 0.988. The van der Waals surface area contributed by atoms with Crippen LogP contribution in [-0.2, 0) is 13.0 Å². The topological polar surface area (TPSA) is 54.4 Å². The molecule has 0 saturated carbocycles. The van der Waals surface area contributed by atoms with E-state index in [1.54, 1.807) is 11.3 Å². The zero-order chi connectivity index (χ0) is 13.5. The van der Waals surface area contributed by atoms with Crippen molar-refractivity contribution >= 4 is 17.0 Å². The Balaban J connectivity index is 1.85. The number of nitrogens with one attached hydrogen (secondary N) is 1. The molecule has 0 atom stereocenters. The first kappa shape index (κ1) is 13.8. The summed E-state index contributed by atoms with van der Waals surface area (Å²) >= 11 is 1.70. The summed E-state index contributed by atoms with van der Waals surface area (Å²) in [4.78, 5) is 4.51. The number of benzene rings is 1. The van der Waals surface area contributed by atoms with Gasteiger partial charge in [0.25, 0.3) is 0 Å². The van der Waals surface area contributed by atoms with Gasteiger partial charge in [-0.25, -0.2) is 4.98 Å². The Morgan fingerprint density at radius 3 is 2.74 bits per heavy atom. The fourth-order valence-corrected chi connectivity index (χ4v) is 2.36. The summed E-state index contributed by atoms with van der Waals surface area (Å²) in [5.41, 5.74) is 2.10. The van der Waals surface area contributed by atoms with Crippen molar-refractivity contribution in [2.24, 2.45) is 0 Å². The number of aliphatic hydroxyl groups excluding tert-OH is 1. The lowest BCUT2D eigenvalue weighted by molar-refractivity contribution is 0.201. The van der Waals surface area contributed by atoms with Gasteiger partial charge < -0.3 is 15.2 Å². The molecule has 0 spiro atoms. The first-order valence-corrected chi connectivity index (χ1v) is 7.20. The molecule has 1 heterocycles. The predicted molar refractivity (Wildman–Crippen MR) is 77.8 cm³/mol. The van der Waals surface area contributed by atoms with Crippen LogP contribution < -0.4 is 10.1 Å². The van der Waals surface area contributed by atoms with Crippen LogP contribution in [0.4, 0.5) is 5.69 Å². The number of nitrogens with zero attached hydrogens (tertiary/aromatic N) is 1. The van der Waals surface area contributed by atoms with E-state index in [9.17, 15) is 0 Å². The third-order valence-corrected chi connectivity index (χ3v) is 3.63. The van der Waals surface area contributed by atoms with Crippen molar-refractivity contribution in [2.75, 3.05) is 18.5 Å². The minimum Gasteiger partial charge on any atom is -0.491 e. The van der Waals surface area contributed by atoms with Crippen molar-refractivity contribution in [1.29, 1.82) is 0 Å². The number of aromatic nitrogens is 1. The van der Waals surface area contributed by atoms with Crippen LogP contribution in [0.25, 0.3) is 0 Å². The van der Waals surface area contributed by atoms with E-state index in [1.807, 2.05) is 24.3 Å². The molecule has 2 N–H and O–H groups in total. The van der Waals surface area contributed by atoms with Crippen LogP contribution in [0.5, 0.6) is 5.75 Å². The van der Waals surface area contributed by atoms with Gasteiger partial charge in [0.1, 0.15) is 12.4 Å². The van der Waals surface area contributed by atoms with Crippen molar-refractivity contribution in [2.45, 2.75) is 19.9 Å². The highest BCUT2D eigenvalue weighted by atomic mass is 32.1. The molecule has 2 aromatic rings. The van der Waals surface area contributed by atoms with Crippen molar-refractivity contribution in [3.63, 3.8) is 0 Å². The second-order valence-corrected chi connectivity index (χ2v) is 4.98. The number of aryl methyl sites for hydroxylation is 1. The van der Waals surface area contributed by atoms with E-state index < -0.39 is 0 Å². The Morgan fingerprint density at radius 2 is 2.11 bits per heavy atom. The molecule has 1 aromatic heterocycles. The highest BCUT2D eigenvalue weighted by Gasteiger charge is 2.00. The molecule has 4 nitrogen and oxygen atoms in total. The van der Waals surface area contributed by atoms with E-state index >= 15 is 0 Å². The van der Waals surface area contributed by atoms with Crippen molar-refractivity contribution in [3.8, 4) is 5.75 Å². The average molecular weight is 278 g/mol. The zero-order valence-electron chi connectivity index (χ0n) is 10.9. The van der Waals surface area contributed by atoms with Gasteiger partial charge in [-0.3, -0.25) is 0 Å².